The smallest absolute Gasteiger partial charge is 0.291 e. The Morgan fingerprint density at radius 1 is 1.28 bits per heavy atom. The first-order valence-corrected chi connectivity index (χ1v) is 6.07. The first-order valence-electron chi connectivity index (χ1n) is 6.07. The van der Waals surface area contributed by atoms with Crippen molar-refractivity contribution in [2.45, 2.75) is 26.2 Å². The third kappa shape index (κ3) is 1.98. The lowest BCUT2D eigenvalue weighted by molar-refractivity contribution is 0.146. The molecule has 96 valence electrons. The lowest BCUT2D eigenvalue weighted by Gasteiger charge is -2.13. The van der Waals surface area contributed by atoms with E-state index in [1.807, 2.05) is 6.92 Å². The summed E-state index contributed by atoms with van der Waals surface area (Å²) < 4.78 is 15.4. The molecule has 0 aliphatic carbocycles. The molecule has 0 bridgehead atoms. The van der Waals surface area contributed by atoms with Gasteiger partial charge in [-0.1, -0.05) is 31.5 Å². The van der Waals surface area contributed by atoms with Crippen LogP contribution in [0.5, 0.6) is 0 Å². The maximum absolute atomic E-state index is 14.4. The third-order valence-electron chi connectivity index (χ3n) is 3.03. The van der Waals surface area contributed by atoms with Crippen LogP contribution in [-0.2, 0) is 6.42 Å². The summed E-state index contributed by atoms with van der Waals surface area (Å²) in [6, 6.07) is 6.68. The number of hydrogen-bond donors (Lipinski definition) is 0. The average molecular weight is 249 g/mol. The van der Waals surface area contributed by atoms with E-state index in [4.69, 9.17) is 4.84 Å². The molecule has 1 heterocycles. The van der Waals surface area contributed by atoms with E-state index in [0.29, 0.717) is 22.9 Å². The van der Waals surface area contributed by atoms with Gasteiger partial charge in [-0.3, -0.25) is 4.79 Å². The number of nitrogens with zero attached hydrogens (tertiary/aromatic N) is 1. The molecule has 0 aliphatic heterocycles. The summed E-state index contributed by atoms with van der Waals surface area (Å²) in [4.78, 5) is 17.2. The van der Waals surface area contributed by atoms with Gasteiger partial charge in [-0.05, 0) is 18.9 Å². The molecule has 0 atom stereocenters. The van der Waals surface area contributed by atoms with E-state index in [0.717, 1.165) is 17.6 Å². The van der Waals surface area contributed by atoms with Gasteiger partial charge in [0.05, 0.1) is 11.1 Å². The summed E-state index contributed by atoms with van der Waals surface area (Å²) in [6.45, 7) is 2.02. The second kappa shape index (κ2) is 5.21. The van der Waals surface area contributed by atoms with E-state index in [1.165, 1.54) is 7.11 Å². The molecule has 18 heavy (non-hydrogen) atoms. The van der Waals surface area contributed by atoms with E-state index >= 15 is 0 Å². The topological polar surface area (TPSA) is 31.2 Å². The van der Waals surface area contributed by atoms with E-state index in [9.17, 15) is 9.18 Å². The molecule has 0 saturated heterocycles. The third-order valence-corrected chi connectivity index (χ3v) is 3.03. The predicted octanol–water partition coefficient (Wildman–Crippen LogP) is 2.54. The summed E-state index contributed by atoms with van der Waals surface area (Å²) in [5.41, 5.74) is 0.0173. The van der Waals surface area contributed by atoms with Crippen LogP contribution in [-0.4, -0.2) is 11.8 Å². The van der Waals surface area contributed by atoms with Crippen molar-refractivity contribution in [3.63, 3.8) is 0 Å². The van der Waals surface area contributed by atoms with Gasteiger partial charge in [0.2, 0.25) is 0 Å². The highest BCUT2D eigenvalue weighted by molar-refractivity contribution is 5.82. The van der Waals surface area contributed by atoms with E-state index in [1.54, 1.807) is 24.3 Å². The molecule has 0 radical (unpaired) electrons. The fourth-order valence-corrected chi connectivity index (χ4v) is 2.09. The van der Waals surface area contributed by atoms with Crippen LogP contribution in [0, 0.1) is 5.82 Å². The molecule has 0 saturated carbocycles. The zero-order valence-corrected chi connectivity index (χ0v) is 10.6. The summed E-state index contributed by atoms with van der Waals surface area (Å²) in [7, 11) is 1.38. The van der Waals surface area contributed by atoms with Gasteiger partial charge in [0.1, 0.15) is 7.11 Å². The van der Waals surface area contributed by atoms with Gasteiger partial charge in [-0.25, -0.2) is 4.39 Å². The molecular formula is C14H16FNO2. The molecule has 2 rings (SSSR count). The Balaban J connectivity index is 2.75. The van der Waals surface area contributed by atoms with Crippen LogP contribution in [0.2, 0.25) is 0 Å². The Kier molecular flexibility index (Phi) is 3.65. The van der Waals surface area contributed by atoms with Crippen molar-refractivity contribution in [1.82, 2.24) is 4.73 Å². The lowest BCUT2D eigenvalue weighted by atomic mass is 10.1. The maximum atomic E-state index is 14.4. The Morgan fingerprint density at radius 3 is 2.56 bits per heavy atom. The van der Waals surface area contributed by atoms with Crippen molar-refractivity contribution in [1.29, 1.82) is 0 Å². The fourth-order valence-electron chi connectivity index (χ4n) is 2.09. The Morgan fingerprint density at radius 2 is 1.94 bits per heavy atom. The van der Waals surface area contributed by atoms with E-state index in [2.05, 4.69) is 0 Å². The first kappa shape index (κ1) is 12.6. The number of halogens is 1. The van der Waals surface area contributed by atoms with Crippen LogP contribution in [0.15, 0.2) is 29.1 Å². The standard InChI is InChI=1S/C14H16FNO2/c1-3-4-9-12-13(15)10-7-5-6-8-11(10)14(17)16(12)18-2/h5-8H,3-4,9H2,1-2H3. The Labute approximate surface area is 105 Å². The van der Waals surface area contributed by atoms with Crippen molar-refractivity contribution in [2.24, 2.45) is 0 Å². The normalized spacial score (nSPS) is 10.8. The van der Waals surface area contributed by atoms with Gasteiger partial charge in [0.25, 0.3) is 5.56 Å². The molecule has 0 fully saturated rings. The number of unbranched alkanes of at least 4 members (excludes halogenated alkanes) is 1. The van der Waals surface area contributed by atoms with Gasteiger partial charge < -0.3 is 4.84 Å². The summed E-state index contributed by atoms with van der Waals surface area (Å²) >= 11 is 0. The minimum absolute atomic E-state index is 0.305. The van der Waals surface area contributed by atoms with E-state index in [-0.39, 0.29) is 11.4 Å². The van der Waals surface area contributed by atoms with Gasteiger partial charge in [0.15, 0.2) is 5.82 Å². The molecule has 2 aromatic rings. The van der Waals surface area contributed by atoms with Crippen molar-refractivity contribution < 1.29 is 9.23 Å². The molecule has 4 heteroatoms. The minimum Gasteiger partial charge on any atom is -0.414 e. The second-order valence-electron chi connectivity index (χ2n) is 4.19. The van der Waals surface area contributed by atoms with Crippen molar-refractivity contribution in [3.8, 4) is 0 Å². The van der Waals surface area contributed by atoms with Gasteiger partial charge >= 0.3 is 0 Å². The molecule has 0 N–H and O–H groups in total. The van der Waals surface area contributed by atoms with Crippen molar-refractivity contribution in [3.05, 3.63) is 46.1 Å². The zero-order chi connectivity index (χ0) is 13.1. The highest BCUT2D eigenvalue weighted by Gasteiger charge is 2.16. The fraction of sp³-hybridized carbons (Fsp3) is 0.357. The lowest BCUT2D eigenvalue weighted by Crippen LogP contribution is -2.29. The second-order valence-corrected chi connectivity index (χ2v) is 4.19. The first-order chi connectivity index (χ1) is 8.70. The zero-order valence-electron chi connectivity index (χ0n) is 10.6. The molecule has 0 unspecified atom stereocenters. The van der Waals surface area contributed by atoms with Crippen LogP contribution in [0.1, 0.15) is 25.5 Å². The number of fused-ring (bicyclic) bond motifs is 1. The molecule has 0 amide bonds. The molecular weight excluding hydrogens is 233 g/mol. The molecule has 1 aromatic heterocycles. The van der Waals surface area contributed by atoms with Gasteiger partial charge in [-0.15, -0.1) is 4.73 Å². The molecule has 0 spiro atoms. The predicted molar refractivity (Wildman–Crippen MR) is 69.3 cm³/mol. The molecule has 3 nitrogen and oxygen atoms in total. The van der Waals surface area contributed by atoms with Crippen molar-refractivity contribution in [2.75, 3.05) is 7.11 Å². The molecule has 1 aromatic carbocycles. The number of pyridine rings is 1. The number of benzene rings is 1. The van der Waals surface area contributed by atoms with Crippen LogP contribution >= 0.6 is 0 Å². The Hall–Kier alpha value is -1.84. The van der Waals surface area contributed by atoms with E-state index < -0.39 is 0 Å². The highest BCUT2D eigenvalue weighted by Crippen LogP contribution is 2.18. The van der Waals surface area contributed by atoms with Gasteiger partial charge in [0, 0.05) is 5.39 Å². The van der Waals surface area contributed by atoms with Crippen LogP contribution in [0.25, 0.3) is 10.8 Å². The molecule has 0 aliphatic rings. The number of hydrogen-bond acceptors (Lipinski definition) is 2. The van der Waals surface area contributed by atoms with Crippen LogP contribution in [0.3, 0.4) is 0 Å². The summed E-state index contributed by atoms with van der Waals surface area (Å²) in [5, 5.41) is 0.707. The summed E-state index contributed by atoms with van der Waals surface area (Å²) in [6.07, 6.45) is 2.25. The Bertz CT molecular complexity index is 619. The number of aromatic nitrogens is 1. The average Bonchev–Trinajstić information content (AvgIpc) is 2.41. The maximum Gasteiger partial charge on any atom is 0.291 e. The number of rotatable bonds is 4. The largest absolute Gasteiger partial charge is 0.414 e. The van der Waals surface area contributed by atoms with Crippen LogP contribution in [0.4, 0.5) is 4.39 Å². The minimum atomic E-state index is -0.361. The highest BCUT2D eigenvalue weighted by atomic mass is 19.1. The quantitative estimate of drug-likeness (QED) is 0.833. The SMILES string of the molecule is CCCCc1c(F)c2ccccc2c(=O)n1OC. The monoisotopic (exact) mass is 249 g/mol. The summed E-state index contributed by atoms with van der Waals surface area (Å²) in [5.74, 6) is -0.361. The van der Waals surface area contributed by atoms with Gasteiger partial charge in [-0.2, -0.15) is 0 Å². The van der Waals surface area contributed by atoms with Crippen LogP contribution < -0.4 is 10.4 Å². The van der Waals surface area contributed by atoms with Crippen molar-refractivity contribution >= 4 is 10.8 Å².